The molecule has 6 nitrogen and oxygen atoms in total. The Labute approximate surface area is 165 Å². The minimum atomic E-state index is 0. The van der Waals surface area contributed by atoms with Crippen LogP contribution >= 0.6 is 24.0 Å². The number of rotatable bonds is 11. The van der Waals surface area contributed by atoms with Crippen LogP contribution in [-0.2, 0) is 4.74 Å². The van der Waals surface area contributed by atoms with Gasteiger partial charge in [0.2, 0.25) is 0 Å². The van der Waals surface area contributed by atoms with Gasteiger partial charge in [0, 0.05) is 39.8 Å². The van der Waals surface area contributed by atoms with E-state index in [9.17, 15) is 0 Å². The van der Waals surface area contributed by atoms with E-state index < -0.39 is 0 Å². The van der Waals surface area contributed by atoms with Crippen molar-refractivity contribution in [2.45, 2.75) is 33.1 Å². The Balaban J connectivity index is 0.00000529. The van der Waals surface area contributed by atoms with Crippen LogP contribution in [0.4, 0.5) is 0 Å². The summed E-state index contributed by atoms with van der Waals surface area (Å²) in [5.41, 5.74) is 0. The number of nitrogens with zero attached hydrogens (tertiary/aromatic N) is 3. The maximum atomic E-state index is 5.37. The Morgan fingerprint density at radius 3 is 2.25 bits per heavy atom. The molecule has 0 aromatic heterocycles. The highest BCUT2D eigenvalue weighted by Gasteiger charge is 2.09. The molecule has 24 heavy (non-hydrogen) atoms. The molecule has 0 aromatic carbocycles. The molecule has 1 rings (SSSR count). The quantitative estimate of drug-likeness (QED) is 0.215. The van der Waals surface area contributed by atoms with E-state index in [1.54, 1.807) is 0 Å². The summed E-state index contributed by atoms with van der Waals surface area (Å²) in [5.74, 6) is 0.913. The van der Waals surface area contributed by atoms with E-state index >= 15 is 0 Å². The summed E-state index contributed by atoms with van der Waals surface area (Å²) in [5, 5.41) is 6.81. The van der Waals surface area contributed by atoms with Gasteiger partial charge >= 0.3 is 0 Å². The van der Waals surface area contributed by atoms with E-state index in [2.05, 4.69) is 39.3 Å². The zero-order valence-electron chi connectivity index (χ0n) is 15.9. The fourth-order valence-electron chi connectivity index (χ4n) is 2.86. The normalized spacial score (nSPS) is 16.1. The van der Waals surface area contributed by atoms with E-state index in [1.807, 2.05) is 7.05 Å². The lowest BCUT2D eigenvalue weighted by Crippen LogP contribution is -2.44. The highest BCUT2D eigenvalue weighted by Crippen LogP contribution is 1.96. The average molecular weight is 455 g/mol. The maximum Gasteiger partial charge on any atom is 0.191 e. The number of hydrogen-bond acceptors (Lipinski definition) is 4. The van der Waals surface area contributed by atoms with Crippen molar-refractivity contribution in [3.8, 4) is 0 Å². The molecule has 1 fully saturated rings. The van der Waals surface area contributed by atoms with E-state index in [0.717, 1.165) is 58.3 Å². The summed E-state index contributed by atoms with van der Waals surface area (Å²) in [7, 11) is 1.84. The third kappa shape index (κ3) is 11.4. The number of guanidine groups is 1. The minimum absolute atomic E-state index is 0. The molecular formula is C17H38IN5O. The van der Waals surface area contributed by atoms with Gasteiger partial charge in [-0.25, -0.2) is 0 Å². The molecule has 0 aromatic rings. The fraction of sp³-hybridized carbons (Fsp3) is 0.941. The van der Waals surface area contributed by atoms with Crippen LogP contribution < -0.4 is 10.6 Å². The smallest absolute Gasteiger partial charge is 0.191 e. The molecule has 1 saturated heterocycles. The van der Waals surface area contributed by atoms with Gasteiger partial charge in [0.25, 0.3) is 0 Å². The number of hydrogen-bond donors (Lipinski definition) is 2. The highest BCUT2D eigenvalue weighted by atomic mass is 127. The van der Waals surface area contributed by atoms with Crippen molar-refractivity contribution in [1.29, 1.82) is 0 Å². The molecule has 0 spiro atoms. The number of aliphatic imine (C=N–C) groups is 1. The van der Waals surface area contributed by atoms with E-state index in [1.165, 1.54) is 32.5 Å². The van der Waals surface area contributed by atoms with Crippen LogP contribution in [0.1, 0.15) is 33.1 Å². The topological polar surface area (TPSA) is 52.1 Å². The van der Waals surface area contributed by atoms with Crippen molar-refractivity contribution in [3.05, 3.63) is 0 Å². The van der Waals surface area contributed by atoms with Gasteiger partial charge in [-0.1, -0.05) is 13.8 Å². The van der Waals surface area contributed by atoms with Gasteiger partial charge in [0.15, 0.2) is 5.96 Å². The lowest BCUT2D eigenvalue weighted by Gasteiger charge is -2.26. The zero-order valence-corrected chi connectivity index (χ0v) is 18.2. The first-order valence-corrected chi connectivity index (χ1v) is 9.27. The Bertz CT molecular complexity index is 305. The Hall–Kier alpha value is -0.120. The lowest BCUT2D eigenvalue weighted by molar-refractivity contribution is 0.0389. The van der Waals surface area contributed by atoms with Gasteiger partial charge in [-0.15, -0.1) is 24.0 Å². The van der Waals surface area contributed by atoms with Crippen molar-refractivity contribution < 1.29 is 4.74 Å². The van der Waals surface area contributed by atoms with Crippen LogP contribution in [0.15, 0.2) is 4.99 Å². The first kappa shape index (κ1) is 23.9. The van der Waals surface area contributed by atoms with Crippen LogP contribution in [0.2, 0.25) is 0 Å². The molecule has 1 aliphatic rings. The van der Waals surface area contributed by atoms with Crippen molar-refractivity contribution in [3.63, 3.8) is 0 Å². The second-order valence-electron chi connectivity index (χ2n) is 6.07. The minimum Gasteiger partial charge on any atom is -0.379 e. The predicted molar refractivity (Wildman–Crippen MR) is 114 cm³/mol. The second-order valence-corrected chi connectivity index (χ2v) is 6.07. The summed E-state index contributed by atoms with van der Waals surface area (Å²) in [4.78, 5) is 9.28. The Morgan fingerprint density at radius 1 is 1.04 bits per heavy atom. The van der Waals surface area contributed by atoms with Crippen LogP contribution in [0.5, 0.6) is 0 Å². The summed E-state index contributed by atoms with van der Waals surface area (Å²) in [6.45, 7) is 14.8. The standard InChI is InChI=1S/C17H37N5O.HI/c1-4-9-21(10-5-2)11-6-7-19-17(18-3)20-8-12-22-13-15-23-16-14-22;/h4-16H2,1-3H3,(H2,18,19,20);1H. The summed E-state index contributed by atoms with van der Waals surface area (Å²) >= 11 is 0. The molecule has 0 amide bonds. The van der Waals surface area contributed by atoms with Crippen LogP contribution in [0, 0.1) is 0 Å². The molecule has 0 saturated carbocycles. The SMILES string of the molecule is CCCN(CCC)CCCNC(=NC)NCCN1CCOCC1.I. The largest absolute Gasteiger partial charge is 0.379 e. The van der Waals surface area contributed by atoms with Gasteiger partial charge in [-0.3, -0.25) is 9.89 Å². The first-order valence-electron chi connectivity index (χ1n) is 9.27. The number of morpholine rings is 1. The number of halogens is 1. The summed E-state index contributed by atoms with van der Waals surface area (Å²) in [6, 6.07) is 0. The van der Waals surface area contributed by atoms with Gasteiger partial charge in [-0.05, 0) is 38.9 Å². The van der Waals surface area contributed by atoms with Gasteiger partial charge in [0.1, 0.15) is 0 Å². The van der Waals surface area contributed by atoms with E-state index in [-0.39, 0.29) is 24.0 Å². The third-order valence-electron chi connectivity index (χ3n) is 4.07. The number of ether oxygens (including phenoxy) is 1. The average Bonchev–Trinajstić information content (AvgIpc) is 2.58. The Kier molecular flexibility index (Phi) is 16.3. The monoisotopic (exact) mass is 455 g/mol. The van der Waals surface area contributed by atoms with Crippen molar-refractivity contribution in [2.75, 3.05) is 72.6 Å². The molecular weight excluding hydrogens is 417 g/mol. The van der Waals surface area contributed by atoms with Crippen molar-refractivity contribution in [2.24, 2.45) is 4.99 Å². The predicted octanol–water partition coefficient (Wildman–Crippen LogP) is 1.61. The Morgan fingerprint density at radius 2 is 1.67 bits per heavy atom. The van der Waals surface area contributed by atoms with Crippen molar-refractivity contribution in [1.82, 2.24) is 20.4 Å². The van der Waals surface area contributed by atoms with Gasteiger partial charge < -0.3 is 20.3 Å². The summed E-state index contributed by atoms with van der Waals surface area (Å²) < 4.78 is 5.37. The van der Waals surface area contributed by atoms with Crippen molar-refractivity contribution >= 4 is 29.9 Å². The van der Waals surface area contributed by atoms with Gasteiger partial charge in [0.05, 0.1) is 13.2 Å². The fourth-order valence-corrected chi connectivity index (χ4v) is 2.86. The molecule has 0 radical (unpaired) electrons. The molecule has 1 aliphatic heterocycles. The van der Waals surface area contributed by atoms with Gasteiger partial charge in [-0.2, -0.15) is 0 Å². The first-order chi connectivity index (χ1) is 11.3. The molecule has 0 aliphatic carbocycles. The highest BCUT2D eigenvalue weighted by molar-refractivity contribution is 14.0. The van der Waals surface area contributed by atoms with Crippen LogP contribution in [0.25, 0.3) is 0 Å². The zero-order chi connectivity index (χ0) is 16.8. The molecule has 2 N–H and O–H groups in total. The molecule has 0 bridgehead atoms. The summed E-state index contributed by atoms with van der Waals surface area (Å²) in [6.07, 6.45) is 3.63. The van der Waals surface area contributed by atoms with Crippen LogP contribution in [-0.4, -0.2) is 88.4 Å². The maximum absolute atomic E-state index is 5.37. The lowest BCUT2D eigenvalue weighted by atomic mass is 10.3. The van der Waals surface area contributed by atoms with Crippen LogP contribution in [0.3, 0.4) is 0 Å². The molecule has 144 valence electrons. The molecule has 0 atom stereocenters. The molecule has 1 heterocycles. The second kappa shape index (κ2) is 16.4. The van der Waals surface area contributed by atoms with E-state index in [0.29, 0.717) is 0 Å². The van der Waals surface area contributed by atoms with E-state index in [4.69, 9.17) is 4.74 Å². The molecule has 7 heteroatoms. The third-order valence-corrected chi connectivity index (χ3v) is 4.07. The molecule has 0 unspecified atom stereocenters. The number of nitrogens with one attached hydrogen (secondary N) is 2.